The number of nitrogens with zero attached hydrogens (tertiary/aromatic N) is 4. The molecule has 0 saturated heterocycles. The van der Waals surface area contributed by atoms with Crippen molar-refractivity contribution in [1.29, 1.82) is 0 Å². The fourth-order valence-electron chi connectivity index (χ4n) is 1.16. The van der Waals surface area contributed by atoms with E-state index in [-0.39, 0.29) is 12.4 Å². The zero-order valence-electron chi connectivity index (χ0n) is 9.04. The van der Waals surface area contributed by atoms with Gasteiger partial charge in [-0.05, 0) is 12.1 Å². The summed E-state index contributed by atoms with van der Waals surface area (Å²) in [5, 5.41) is 21.3. The summed E-state index contributed by atoms with van der Waals surface area (Å²) >= 11 is 0. The van der Waals surface area contributed by atoms with Gasteiger partial charge in [-0.25, -0.2) is 0 Å². The fourth-order valence-corrected chi connectivity index (χ4v) is 1.16. The maximum atomic E-state index is 11.7. The van der Waals surface area contributed by atoms with Gasteiger partial charge in [0.05, 0.1) is 5.92 Å². The van der Waals surface area contributed by atoms with Gasteiger partial charge in [0.25, 0.3) is 11.7 Å². The van der Waals surface area contributed by atoms with Crippen molar-refractivity contribution in [2.75, 3.05) is 13.1 Å². The number of H-pyrrole nitrogens is 1. The average molecular weight is 227 g/mol. The molecule has 1 unspecified atom stereocenters. The standard InChI is InChI=1S/C8H13N5O3/c1-3-13(4-5(2)8(15)16)7(14)6-9-11-12-10-6/h5H,3-4H2,1-2H3,(H,15,16)(H,9,10,11,12). The predicted octanol–water partition coefficient (Wildman–Crippen LogP) is -0.617. The van der Waals surface area contributed by atoms with E-state index in [2.05, 4.69) is 20.6 Å². The van der Waals surface area contributed by atoms with E-state index >= 15 is 0 Å². The Kier molecular flexibility index (Phi) is 3.92. The molecule has 0 aliphatic rings. The number of hydrogen-bond acceptors (Lipinski definition) is 5. The van der Waals surface area contributed by atoms with Crippen molar-refractivity contribution >= 4 is 11.9 Å². The van der Waals surface area contributed by atoms with E-state index in [1.807, 2.05) is 0 Å². The van der Waals surface area contributed by atoms with Crippen molar-refractivity contribution in [3.8, 4) is 0 Å². The largest absolute Gasteiger partial charge is 0.481 e. The lowest BCUT2D eigenvalue weighted by atomic mass is 10.1. The first-order chi connectivity index (χ1) is 7.56. The Morgan fingerprint density at radius 3 is 2.69 bits per heavy atom. The summed E-state index contributed by atoms with van der Waals surface area (Å²) in [7, 11) is 0. The van der Waals surface area contributed by atoms with Crippen LogP contribution in [0.25, 0.3) is 0 Å². The molecule has 2 N–H and O–H groups in total. The van der Waals surface area contributed by atoms with Crippen LogP contribution in [0, 0.1) is 5.92 Å². The summed E-state index contributed by atoms with van der Waals surface area (Å²) in [5.74, 6) is -2.06. The van der Waals surface area contributed by atoms with Crippen LogP contribution in [0.15, 0.2) is 0 Å². The molecule has 0 aliphatic carbocycles. The highest BCUT2D eigenvalue weighted by Crippen LogP contribution is 2.03. The van der Waals surface area contributed by atoms with Crippen LogP contribution in [0.1, 0.15) is 24.5 Å². The molecule has 0 aliphatic heterocycles. The number of amides is 1. The minimum absolute atomic E-state index is 0.0561. The number of aliphatic carboxylic acids is 1. The fraction of sp³-hybridized carbons (Fsp3) is 0.625. The SMILES string of the molecule is CCN(CC(C)C(=O)O)C(=O)c1nn[nH]n1. The van der Waals surface area contributed by atoms with Crippen molar-refractivity contribution in [2.45, 2.75) is 13.8 Å². The van der Waals surface area contributed by atoms with Crippen molar-refractivity contribution in [1.82, 2.24) is 25.5 Å². The Morgan fingerprint density at radius 2 is 2.25 bits per heavy atom. The van der Waals surface area contributed by atoms with E-state index in [1.54, 1.807) is 6.92 Å². The summed E-state index contributed by atoms with van der Waals surface area (Å²) in [4.78, 5) is 23.8. The molecule has 0 aromatic carbocycles. The third-order valence-corrected chi connectivity index (χ3v) is 2.12. The summed E-state index contributed by atoms with van der Waals surface area (Å²) in [6.45, 7) is 3.81. The Bertz CT molecular complexity index is 364. The Morgan fingerprint density at radius 1 is 1.56 bits per heavy atom. The normalized spacial score (nSPS) is 12.1. The van der Waals surface area contributed by atoms with Gasteiger partial charge >= 0.3 is 5.97 Å². The summed E-state index contributed by atoms with van der Waals surface area (Å²) in [5.41, 5.74) is 0. The second kappa shape index (κ2) is 5.19. The first-order valence-corrected chi connectivity index (χ1v) is 4.81. The van der Waals surface area contributed by atoms with E-state index in [4.69, 9.17) is 5.11 Å². The predicted molar refractivity (Wildman–Crippen MR) is 52.6 cm³/mol. The molecule has 1 rings (SSSR count). The van der Waals surface area contributed by atoms with E-state index in [1.165, 1.54) is 11.8 Å². The molecule has 0 bridgehead atoms. The monoisotopic (exact) mass is 227 g/mol. The molecule has 0 saturated carbocycles. The third-order valence-electron chi connectivity index (χ3n) is 2.12. The van der Waals surface area contributed by atoms with Crippen LogP contribution >= 0.6 is 0 Å². The van der Waals surface area contributed by atoms with Gasteiger partial charge in [0.15, 0.2) is 0 Å². The highest BCUT2D eigenvalue weighted by Gasteiger charge is 2.22. The number of carbonyl (C=O) groups is 2. The third kappa shape index (κ3) is 2.75. The summed E-state index contributed by atoms with van der Waals surface area (Å²) < 4.78 is 0. The highest BCUT2D eigenvalue weighted by atomic mass is 16.4. The second-order valence-electron chi connectivity index (χ2n) is 3.32. The van der Waals surface area contributed by atoms with E-state index in [9.17, 15) is 9.59 Å². The smallest absolute Gasteiger partial charge is 0.308 e. The minimum Gasteiger partial charge on any atom is -0.481 e. The Balaban J connectivity index is 2.68. The summed E-state index contributed by atoms with van der Waals surface area (Å²) in [6.07, 6.45) is 0. The molecule has 16 heavy (non-hydrogen) atoms. The molecule has 1 atom stereocenters. The molecule has 88 valence electrons. The Hall–Kier alpha value is -1.99. The molecule has 8 nitrogen and oxygen atoms in total. The number of carboxylic acids is 1. The number of carbonyl (C=O) groups excluding carboxylic acids is 1. The maximum Gasteiger partial charge on any atom is 0.308 e. The van der Waals surface area contributed by atoms with Crippen LogP contribution in [0.3, 0.4) is 0 Å². The van der Waals surface area contributed by atoms with E-state index in [0.29, 0.717) is 6.54 Å². The van der Waals surface area contributed by atoms with Gasteiger partial charge in [-0.3, -0.25) is 9.59 Å². The van der Waals surface area contributed by atoms with E-state index in [0.717, 1.165) is 0 Å². The number of nitrogens with one attached hydrogen (secondary N) is 1. The molecular weight excluding hydrogens is 214 g/mol. The van der Waals surface area contributed by atoms with Gasteiger partial charge in [0, 0.05) is 13.1 Å². The van der Waals surface area contributed by atoms with Crippen molar-refractivity contribution in [2.24, 2.45) is 5.92 Å². The molecule has 8 heteroatoms. The lowest BCUT2D eigenvalue weighted by molar-refractivity contribution is -0.141. The molecule has 0 radical (unpaired) electrons. The lowest BCUT2D eigenvalue weighted by Crippen LogP contribution is -2.37. The molecule has 0 spiro atoms. The maximum absolute atomic E-state index is 11.7. The first-order valence-electron chi connectivity index (χ1n) is 4.81. The second-order valence-corrected chi connectivity index (χ2v) is 3.32. The molecule has 1 aromatic heterocycles. The molecule has 1 aromatic rings. The van der Waals surface area contributed by atoms with E-state index < -0.39 is 17.8 Å². The molecular formula is C8H13N5O3. The van der Waals surface area contributed by atoms with Crippen molar-refractivity contribution < 1.29 is 14.7 Å². The number of aromatic nitrogens is 4. The topological polar surface area (TPSA) is 112 Å². The lowest BCUT2D eigenvalue weighted by Gasteiger charge is -2.20. The Labute approximate surface area is 91.6 Å². The molecule has 1 heterocycles. The van der Waals surface area contributed by atoms with Gasteiger partial charge < -0.3 is 10.0 Å². The zero-order chi connectivity index (χ0) is 12.1. The van der Waals surface area contributed by atoms with Crippen molar-refractivity contribution in [3.05, 3.63) is 5.82 Å². The quantitative estimate of drug-likeness (QED) is 0.693. The van der Waals surface area contributed by atoms with Crippen LogP contribution in [-0.2, 0) is 4.79 Å². The van der Waals surface area contributed by atoms with Crippen LogP contribution < -0.4 is 0 Å². The number of rotatable bonds is 5. The number of tetrazole rings is 1. The molecule has 1 amide bonds. The summed E-state index contributed by atoms with van der Waals surface area (Å²) in [6, 6.07) is 0. The van der Waals surface area contributed by atoms with Gasteiger partial charge in [-0.2, -0.15) is 5.21 Å². The average Bonchev–Trinajstić information content (AvgIpc) is 2.77. The van der Waals surface area contributed by atoms with Gasteiger partial charge in [0.1, 0.15) is 0 Å². The molecule has 0 fully saturated rings. The number of aromatic amines is 1. The van der Waals surface area contributed by atoms with Crippen LogP contribution in [-0.4, -0.2) is 55.6 Å². The van der Waals surface area contributed by atoms with Crippen LogP contribution in [0.5, 0.6) is 0 Å². The van der Waals surface area contributed by atoms with Gasteiger partial charge in [0.2, 0.25) is 0 Å². The van der Waals surface area contributed by atoms with Crippen LogP contribution in [0.4, 0.5) is 0 Å². The number of hydrogen-bond donors (Lipinski definition) is 2. The van der Waals surface area contributed by atoms with Crippen molar-refractivity contribution in [3.63, 3.8) is 0 Å². The zero-order valence-corrected chi connectivity index (χ0v) is 9.04. The van der Waals surface area contributed by atoms with Crippen LogP contribution in [0.2, 0.25) is 0 Å². The highest BCUT2D eigenvalue weighted by molar-refractivity contribution is 5.90. The van der Waals surface area contributed by atoms with Gasteiger partial charge in [-0.15, -0.1) is 10.2 Å². The number of carboxylic acid groups (broad SMARTS) is 1. The first kappa shape index (κ1) is 12.1. The van der Waals surface area contributed by atoms with Gasteiger partial charge in [-0.1, -0.05) is 6.92 Å². The minimum atomic E-state index is -0.945.